The van der Waals surface area contributed by atoms with Crippen molar-refractivity contribution in [3.63, 3.8) is 0 Å². The second-order valence-corrected chi connectivity index (χ2v) is 7.32. The maximum atomic E-state index is 12.2. The zero-order valence-electron chi connectivity index (χ0n) is 15.6. The first-order valence-corrected chi connectivity index (χ1v) is 9.54. The lowest BCUT2D eigenvalue weighted by Gasteiger charge is -2.31. The monoisotopic (exact) mass is 347 g/mol. The summed E-state index contributed by atoms with van der Waals surface area (Å²) in [5, 5.41) is 14.8. The van der Waals surface area contributed by atoms with E-state index in [1.807, 2.05) is 25.1 Å². The highest BCUT2D eigenvalue weighted by molar-refractivity contribution is 5.90. The van der Waals surface area contributed by atoms with Gasteiger partial charge in [-0.25, -0.2) is 4.79 Å². The van der Waals surface area contributed by atoms with Gasteiger partial charge in [0.25, 0.3) is 0 Å². The Morgan fingerprint density at radius 3 is 2.72 bits per heavy atom. The van der Waals surface area contributed by atoms with E-state index in [-0.39, 0.29) is 18.6 Å². The maximum Gasteiger partial charge on any atom is 0.319 e. The quantitative estimate of drug-likeness (QED) is 0.673. The molecular weight excluding hydrogens is 314 g/mol. The zero-order valence-corrected chi connectivity index (χ0v) is 15.6. The largest absolute Gasteiger partial charge is 0.396 e. The molecule has 1 unspecified atom stereocenters. The maximum absolute atomic E-state index is 12.2. The highest BCUT2D eigenvalue weighted by Crippen LogP contribution is 2.24. The summed E-state index contributed by atoms with van der Waals surface area (Å²) >= 11 is 0. The van der Waals surface area contributed by atoms with Gasteiger partial charge >= 0.3 is 6.03 Å². The lowest BCUT2D eigenvalue weighted by Crippen LogP contribution is -2.34. The molecule has 0 radical (unpaired) electrons. The standard InChI is InChI=1S/C20H33N3O2/c1-16(12-13-24)14-21-20(25)22-19-11-7-6-8-17(19)15-23(2)18-9-4-3-5-10-18/h6-8,11,16,18,24H,3-5,9-10,12-15H2,1-2H3,(H2,21,22,25). The summed E-state index contributed by atoms with van der Waals surface area (Å²) in [6, 6.07) is 8.49. The number of hydrogen-bond acceptors (Lipinski definition) is 3. The fourth-order valence-corrected chi connectivity index (χ4v) is 3.46. The van der Waals surface area contributed by atoms with Gasteiger partial charge in [0.1, 0.15) is 0 Å². The fourth-order valence-electron chi connectivity index (χ4n) is 3.46. The molecule has 1 aliphatic carbocycles. The Hall–Kier alpha value is -1.59. The van der Waals surface area contributed by atoms with E-state index in [4.69, 9.17) is 5.11 Å². The van der Waals surface area contributed by atoms with Crippen molar-refractivity contribution in [3.05, 3.63) is 29.8 Å². The molecule has 1 atom stereocenters. The Morgan fingerprint density at radius 2 is 2.00 bits per heavy atom. The number of amides is 2. The van der Waals surface area contributed by atoms with Gasteiger partial charge in [-0.15, -0.1) is 0 Å². The van der Waals surface area contributed by atoms with Crippen molar-refractivity contribution in [1.29, 1.82) is 0 Å². The molecule has 0 aromatic heterocycles. The lowest BCUT2D eigenvalue weighted by atomic mass is 9.94. The van der Waals surface area contributed by atoms with Gasteiger partial charge in [-0.3, -0.25) is 4.90 Å². The van der Waals surface area contributed by atoms with E-state index in [2.05, 4.69) is 28.6 Å². The van der Waals surface area contributed by atoms with Gasteiger partial charge in [0.15, 0.2) is 0 Å². The molecule has 140 valence electrons. The van der Waals surface area contributed by atoms with Gasteiger partial charge in [-0.1, -0.05) is 44.4 Å². The zero-order chi connectivity index (χ0) is 18.1. The number of hydrogen-bond donors (Lipinski definition) is 3. The Labute approximate surface area is 151 Å². The second kappa shape index (κ2) is 10.4. The third-order valence-corrected chi connectivity index (χ3v) is 5.12. The first-order chi connectivity index (χ1) is 12.1. The van der Waals surface area contributed by atoms with E-state index in [1.54, 1.807) is 0 Å². The molecule has 2 amide bonds. The summed E-state index contributed by atoms with van der Waals surface area (Å²) in [5.41, 5.74) is 2.02. The minimum Gasteiger partial charge on any atom is -0.396 e. The number of urea groups is 1. The molecule has 0 bridgehead atoms. The van der Waals surface area contributed by atoms with Crippen molar-refractivity contribution in [1.82, 2.24) is 10.2 Å². The number of aliphatic hydroxyl groups is 1. The molecule has 0 aliphatic heterocycles. The third kappa shape index (κ3) is 6.67. The number of benzene rings is 1. The van der Waals surface area contributed by atoms with E-state index < -0.39 is 0 Å². The predicted molar refractivity (Wildman–Crippen MR) is 103 cm³/mol. The molecule has 1 aromatic carbocycles. The minimum absolute atomic E-state index is 0.154. The molecule has 1 aliphatic rings. The molecular formula is C20H33N3O2. The molecule has 1 saturated carbocycles. The summed E-state index contributed by atoms with van der Waals surface area (Å²) in [6.45, 7) is 3.59. The van der Waals surface area contributed by atoms with Gasteiger partial charge in [0.2, 0.25) is 0 Å². The van der Waals surface area contributed by atoms with Gasteiger partial charge in [-0.2, -0.15) is 0 Å². The summed E-state index contributed by atoms with van der Waals surface area (Å²) in [7, 11) is 2.18. The first-order valence-electron chi connectivity index (χ1n) is 9.54. The van der Waals surface area contributed by atoms with Gasteiger partial charge in [0.05, 0.1) is 0 Å². The van der Waals surface area contributed by atoms with Crippen molar-refractivity contribution in [2.75, 3.05) is 25.5 Å². The van der Waals surface area contributed by atoms with Crippen LogP contribution < -0.4 is 10.6 Å². The third-order valence-electron chi connectivity index (χ3n) is 5.12. The van der Waals surface area contributed by atoms with Crippen molar-refractivity contribution >= 4 is 11.7 Å². The number of carbonyl (C=O) groups excluding carboxylic acids is 1. The fraction of sp³-hybridized carbons (Fsp3) is 0.650. The van der Waals surface area contributed by atoms with E-state index in [9.17, 15) is 4.79 Å². The minimum atomic E-state index is -0.183. The van der Waals surface area contributed by atoms with Gasteiger partial charge in [0, 0.05) is 31.4 Å². The SMILES string of the molecule is CC(CCO)CNC(=O)Nc1ccccc1CN(C)C1CCCCC1. The summed E-state index contributed by atoms with van der Waals surface area (Å²) in [5.74, 6) is 0.267. The van der Waals surface area contributed by atoms with Crippen molar-refractivity contribution in [3.8, 4) is 0 Å². The van der Waals surface area contributed by atoms with Crippen LogP contribution in [0.1, 0.15) is 51.0 Å². The first kappa shape index (κ1) is 19.7. The molecule has 0 spiro atoms. The molecule has 1 fully saturated rings. The summed E-state index contributed by atoms with van der Waals surface area (Å²) in [4.78, 5) is 14.6. The van der Waals surface area contributed by atoms with E-state index in [1.165, 1.54) is 32.1 Å². The van der Waals surface area contributed by atoms with Crippen molar-refractivity contribution in [2.45, 2.75) is 58.0 Å². The van der Waals surface area contributed by atoms with Crippen LogP contribution in [0.25, 0.3) is 0 Å². The highest BCUT2D eigenvalue weighted by atomic mass is 16.3. The predicted octanol–water partition coefficient (Wildman–Crippen LogP) is 3.59. The van der Waals surface area contributed by atoms with Crippen LogP contribution >= 0.6 is 0 Å². The number of carbonyl (C=O) groups is 1. The molecule has 0 saturated heterocycles. The number of nitrogens with zero attached hydrogens (tertiary/aromatic N) is 1. The highest BCUT2D eigenvalue weighted by Gasteiger charge is 2.19. The second-order valence-electron chi connectivity index (χ2n) is 7.32. The van der Waals surface area contributed by atoms with Crippen LogP contribution in [0, 0.1) is 5.92 Å². The van der Waals surface area contributed by atoms with Crippen LogP contribution in [0.2, 0.25) is 0 Å². The summed E-state index contributed by atoms with van der Waals surface area (Å²) < 4.78 is 0. The van der Waals surface area contributed by atoms with E-state index in [0.717, 1.165) is 17.8 Å². The average Bonchev–Trinajstić information content (AvgIpc) is 2.62. The number of aliphatic hydroxyl groups excluding tert-OH is 1. The molecule has 2 rings (SSSR count). The number of anilines is 1. The smallest absolute Gasteiger partial charge is 0.319 e. The molecule has 5 nitrogen and oxygen atoms in total. The van der Waals surface area contributed by atoms with E-state index >= 15 is 0 Å². The molecule has 0 heterocycles. The van der Waals surface area contributed by atoms with Crippen LogP contribution in [0.3, 0.4) is 0 Å². The molecule has 3 N–H and O–H groups in total. The van der Waals surface area contributed by atoms with E-state index in [0.29, 0.717) is 19.0 Å². The van der Waals surface area contributed by atoms with Gasteiger partial charge < -0.3 is 15.7 Å². The summed E-state index contributed by atoms with van der Waals surface area (Å²) in [6.07, 6.45) is 7.25. The van der Waals surface area contributed by atoms with Crippen LogP contribution in [0.4, 0.5) is 10.5 Å². The number of para-hydroxylation sites is 1. The Morgan fingerprint density at radius 1 is 1.28 bits per heavy atom. The lowest BCUT2D eigenvalue weighted by molar-refractivity contribution is 0.185. The normalized spacial score (nSPS) is 16.6. The number of rotatable bonds is 8. The average molecular weight is 348 g/mol. The van der Waals surface area contributed by atoms with Crippen LogP contribution in [-0.4, -0.2) is 42.3 Å². The Balaban J connectivity index is 1.89. The van der Waals surface area contributed by atoms with Crippen molar-refractivity contribution in [2.24, 2.45) is 5.92 Å². The van der Waals surface area contributed by atoms with Gasteiger partial charge in [-0.05, 0) is 43.9 Å². The van der Waals surface area contributed by atoms with Crippen molar-refractivity contribution < 1.29 is 9.90 Å². The molecule has 5 heteroatoms. The molecule has 25 heavy (non-hydrogen) atoms. The number of nitrogens with one attached hydrogen (secondary N) is 2. The molecule has 1 aromatic rings. The Kier molecular flexibility index (Phi) is 8.22. The van der Waals surface area contributed by atoms with Crippen LogP contribution in [0.5, 0.6) is 0 Å². The topological polar surface area (TPSA) is 64.6 Å². The Bertz CT molecular complexity index is 529. The van der Waals surface area contributed by atoms with Crippen LogP contribution in [-0.2, 0) is 6.54 Å². The van der Waals surface area contributed by atoms with Crippen LogP contribution in [0.15, 0.2) is 24.3 Å².